The second-order valence-electron chi connectivity index (χ2n) is 5.31. The number of anilines is 1. The van der Waals surface area contributed by atoms with Crippen molar-refractivity contribution in [3.63, 3.8) is 0 Å². The van der Waals surface area contributed by atoms with E-state index >= 15 is 0 Å². The van der Waals surface area contributed by atoms with E-state index in [1.165, 1.54) is 11.3 Å². The summed E-state index contributed by atoms with van der Waals surface area (Å²) in [5.74, 6) is 0.964. The molecule has 0 bridgehead atoms. The fourth-order valence-electron chi connectivity index (χ4n) is 2.92. The SMILES string of the molecule is CC1Cc2ccccc2N1CCNC1=NCCCN1. The summed E-state index contributed by atoms with van der Waals surface area (Å²) in [6, 6.07) is 9.33. The van der Waals surface area contributed by atoms with E-state index in [0.717, 1.165) is 45.0 Å². The summed E-state index contributed by atoms with van der Waals surface area (Å²) in [7, 11) is 0. The first-order valence-corrected chi connectivity index (χ1v) is 7.21. The lowest BCUT2D eigenvalue weighted by atomic mass is 10.1. The van der Waals surface area contributed by atoms with Crippen molar-refractivity contribution in [1.82, 2.24) is 10.6 Å². The summed E-state index contributed by atoms with van der Waals surface area (Å²) in [6.07, 6.45) is 2.30. The number of hydrogen-bond donors (Lipinski definition) is 2. The van der Waals surface area contributed by atoms with E-state index in [4.69, 9.17) is 0 Å². The fourth-order valence-corrected chi connectivity index (χ4v) is 2.92. The highest BCUT2D eigenvalue weighted by Crippen LogP contribution is 2.30. The van der Waals surface area contributed by atoms with E-state index in [9.17, 15) is 0 Å². The standard InChI is InChI=1S/C15H22N4/c1-12-11-13-5-2-3-6-14(13)19(12)10-9-18-15-16-7-4-8-17-15/h2-3,5-6,12H,4,7-11H2,1H3,(H2,16,17,18). The summed E-state index contributed by atoms with van der Waals surface area (Å²) in [4.78, 5) is 6.92. The normalized spacial score (nSPS) is 21.6. The number of nitrogens with one attached hydrogen (secondary N) is 2. The summed E-state index contributed by atoms with van der Waals surface area (Å²) in [5.41, 5.74) is 2.87. The lowest BCUT2D eigenvalue weighted by molar-refractivity contribution is 0.647. The van der Waals surface area contributed by atoms with Crippen LogP contribution in [0.2, 0.25) is 0 Å². The first-order valence-electron chi connectivity index (χ1n) is 7.21. The van der Waals surface area contributed by atoms with Gasteiger partial charge in [-0.05, 0) is 31.4 Å². The van der Waals surface area contributed by atoms with Crippen LogP contribution in [0.15, 0.2) is 29.3 Å². The number of nitrogens with zero attached hydrogens (tertiary/aromatic N) is 2. The average Bonchev–Trinajstić information content (AvgIpc) is 2.76. The van der Waals surface area contributed by atoms with Gasteiger partial charge in [0.1, 0.15) is 0 Å². The number of rotatable bonds is 3. The number of fused-ring (bicyclic) bond motifs is 1. The van der Waals surface area contributed by atoms with Crippen molar-refractivity contribution in [3.8, 4) is 0 Å². The van der Waals surface area contributed by atoms with Gasteiger partial charge in [-0.1, -0.05) is 18.2 Å². The molecule has 1 aromatic rings. The molecule has 1 unspecified atom stereocenters. The van der Waals surface area contributed by atoms with Crippen molar-refractivity contribution in [2.24, 2.45) is 4.99 Å². The third kappa shape index (κ3) is 2.67. The smallest absolute Gasteiger partial charge is 0.191 e. The minimum Gasteiger partial charge on any atom is -0.367 e. The highest BCUT2D eigenvalue weighted by atomic mass is 15.2. The van der Waals surface area contributed by atoms with E-state index in [1.807, 2.05) is 0 Å². The Morgan fingerprint density at radius 1 is 1.42 bits per heavy atom. The van der Waals surface area contributed by atoms with Gasteiger partial charge in [0.05, 0.1) is 0 Å². The molecule has 2 N–H and O–H groups in total. The average molecular weight is 258 g/mol. The van der Waals surface area contributed by atoms with Gasteiger partial charge < -0.3 is 15.5 Å². The van der Waals surface area contributed by atoms with Gasteiger partial charge in [0.2, 0.25) is 0 Å². The molecule has 2 aliphatic rings. The van der Waals surface area contributed by atoms with Crippen LogP contribution in [-0.4, -0.2) is 38.2 Å². The van der Waals surface area contributed by atoms with Crippen LogP contribution in [0.4, 0.5) is 5.69 Å². The van der Waals surface area contributed by atoms with Gasteiger partial charge in [0.15, 0.2) is 5.96 Å². The van der Waals surface area contributed by atoms with Crippen LogP contribution in [0.3, 0.4) is 0 Å². The Kier molecular flexibility index (Phi) is 3.58. The molecule has 0 saturated heterocycles. The third-order valence-electron chi connectivity index (χ3n) is 3.89. The van der Waals surface area contributed by atoms with Gasteiger partial charge in [-0.3, -0.25) is 4.99 Å². The zero-order valence-corrected chi connectivity index (χ0v) is 11.5. The van der Waals surface area contributed by atoms with Crippen LogP contribution in [-0.2, 0) is 6.42 Å². The van der Waals surface area contributed by atoms with Crippen LogP contribution in [0.5, 0.6) is 0 Å². The molecule has 4 heteroatoms. The van der Waals surface area contributed by atoms with E-state index in [0.29, 0.717) is 6.04 Å². The molecule has 0 aliphatic carbocycles. The lowest BCUT2D eigenvalue weighted by Gasteiger charge is -2.26. The molecule has 19 heavy (non-hydrogen) atoms. The molecule has 0 spiro atoms. The van der Waals surface area contributed by atoms with E-state index in [2.05, 4.69) is 51.7 Å². The molecule has 3 rings (SSSR count). The van der Waals surface area contributed by atoms with Gasteiger partial charge in [0, 0.05) is 37.9 Å². The number of aliphatic imine (C=N–C) groups is 1. The Morgan fingerprint density at radius 2 is 2.32 bits per heavy atom. The zero-order chi connectivity index (χ0) is 13.1. The first-order chi connectivity index (χ1) is 9.34. The molecule has 1 aromatic carbocycles. The predicted octanol–water partition coefficient (Wildman–Crippen LogP) is 1.38. The van der Waals surface area contributed by atoms with Gasteiger partial charge in [-0.25, -0.2) is 0 Å². The second-order valence-corrected chi connectivity index (χ2v) is 5.31. The molecule has 102 valence electrons. The Morgan fingerprint density at radius 3 is 3.16 bits per heavy atom. The van der Waals surface area contributed by atoms with E-state index in [-0.39, 0.29) is 0 Å². The largest absolute Gasteiger partial charge is 0.367 e. The van der Waals surface area contributed by atoms with Crippen LogP contribution >= 0.6 is 0 Å². The predicted molar refractivity (Wildman–Crippen MR) is 79.9 cm³/mol. The van der Waals surface area contributed by atoms with Gasteiger partial charge in [-0.15, -0.1) is 0 Å². The van der Waals surface area contributed by atoms with Crippen LogP contribution in [0.1, 0.15) is 18.9 Å². The number of guanidine groups is 1. The Labute approximate surface area is 114 Å². The molecular weight excluding hydrogens is 236 g/mol. The minimum absolute atomic E-state index is 0.598. The molecule has 0 aromatic heterocycles. The monoisotopic (exact) mass is 258 g/mol. The summed E-state index contributed by atoms with van der Waals surface area (Å²) in [6.45, 7) is 6.24. The number of benzene rings is 1. The van der Waals surface area contributed by atoms with Gasteiger partial charge in [-0.2, -0.15) is 0 Å². The number of hydrogen-bond acceptors (Lipinski definition) is 4. The lowest BCUT2D eigenvalue weighted by Crippen LogP contribution is -2.44. The van der Waals surface area contributed by atoms with Crippen LogP contribution in [0.25, 0.3) is 0 Å². The molecule has 2 heterocycles. The first kappa shape index (κ1) is 12.3. The molecule has 0 radical (unpaired) electrons. The maximum Gasteiger partial charge on any atom is 0.191 e. The third-order valence-corrected chi connectivity index (χ3v) is 3.89. The summed E-state index contributed by atoms with van der Waals surface area (Å²) >= 11 is 0. The van der Waals surface area contributed by atoms with Gasteiger partial charge >= 0.3 is 0 Å². The molecule has 0 fully saturated rings. The second kappa shape index (κ2) is 5.51. The highest BCUT2D eigenvalue weighted by Gasteiger charge is 2.24. The van der Waals surface area contributed by atoms with Crippen LogP contribution in [0, 0.1) is 0 Å². The zero-order valence-electron chi connectivity index (χ0n) is 11.5. The fraction of sp³-hybridized carbons (Fsp3) is 0.533. The highest BCUT2D eigenvalue weighted by molar-refractivity contribution is 5.80. The molecule has 2 aliphatic heterocycles. The Balaban J connectivity index is 1.56. The minimum atomic E-state index is 0.598. The summed E-state index contributed by atoms with van der Waals surface area (Å²) in [5, 5.41) is 6.69. The van der Waals surface area contributed by atoms with Crippen molar-refractivity contribution in [2.45, 2.75) is 25.8 Å². The quantitative estimate of drug-likeness (QED) is 0.860. The van der Waals surface area contributed by atoms with Crippen molar-refractivity contribution in [2.75, 3.05) is 31.1 Å². The molecular formula is C15H22N4. The maximum absolute atomic E-state index is 4.43. The van der Waals surface area contributed by atoms with Crippen LogP contribution < -0.4 is 15.5 Å². The summed E-state index contributed by atoms with van der Waals surface area (Å²) < 4.78 is 0. The Bertz CT molecular complexity index is 469. The molecule has 4 nitrogen and oxygen atoms in total. The number of para-hydroxylation sites is 1. The topological polar surface area (TPSA) is 39.7 Å². The molecule has 1 atom stereocenters. The van der Waals surface area contributed by atoms with Crippen molar-refractivity contribution < 1.29 is 0 Å². The van der Waals surface area contributed by atoms with Crippen molar-refractivity contribution in [3.05, 3.63) is 29.8 Å². The maximum atomic E-state index is 4.43. The van der Waals surface area contributed by atoms with Crippen molar-refractivity contribution >= 4 is 11.6 Å². The van der Waals surface area contributed by atoms with Crippen molar-refractivity contribution in [1.29, 1.82) is 0 Å². The Hall–Kier alpha value is -1.71. The van der Waals surface area contributed by atoms with E-state index < -0.39 is 0 Å². The molecule has 0 amide bonds. The van der Waals surface area contributed by atoms with E-state index in [1.54, 1.807) is 0 Å². The molecule has 0 saturated carbocycles. The van der Waals surface area contributed by atoms with Gasteiger partial charge in [0.25, 0.3) is 0 Å².